The Labute approximate surface area is 176 Å². The van der Waals surface area contributed by atoms with E-state index in [2.05, 4.69) is 0 Å². The number of hydrogen-bond donors (Lipinski definition) is 4. The highest BCUT2D eigenvalue weighted by molar-refractivity contribution is 5.79. The first-order valence-corrected chi connectivity index (χ1v) is 10.2. The molecule has 3 atom stereocenters. The van der Waals surface area contributed by atoms with E-state index in [4.69, 9.17) is 9.47 Å². The van der Waals surface area contributed by atoms with Gasteiger partial charge in [0, 0.05) is 11.7 Å². The predicted octanol–water partition coefficient (Wildman–Crippen LogP) is 0.328. The van der Waals surface area contributed by atoms with Gasteiger partial charge in [-0.1, -0.05) is 18.2 Å². The topological polar surface area (TPSA) is 88.5 Å². The molecule has 162 valence electrons. The smallest absolute Gasteiger partial charge is 0.137 e. The number of benzene rings is 2. The van der Waals surface area contributed by atoms with Gasteiger partial charge in [-0.05, 0) is 41.8 Å². The number of aliphatic hydroxyl groups excluding tert-OH is 3. The second-order valence-electron chi connectivity index (χ2n) is 7.45. The molecule has 4 N–H and O–H groups in total. The molecule has 0 amide bonds. The van der Waals surface area contributed by atoms with Crippen LogP contribution in [0, 0.1) is 0 Å². The molecule has 30 heavy (non-hydrogen) atoms. The van der Waals surface area contributed by atoms with Crippen molar-refractivity contribution in [2.24, 2.45) is 0 Å². The molecule has 0 spiro atoms. The lowest BCUT2D eigenvalue weighted by atomic mass is 10.2. The van der Waals surface area contributed by atoms with E-state index in [1.807, 2.05) is 41.1 Å². The fourth-order valence-corrected chi connectivity index (χ4v) is 3.63. The number of para-hydroxylation sites is 1. The molecule has 0 saturated heterocycles. The Kier molecular flexibility index (Phi) is 8.10. The largest absolute Gasteiger partial charge is 0.497 e. The van der Waals surface area contributed by atoms with Crippen molar-refractivity contribution >= 4 is 10.9 Å². The lowest BCUT2D eigenvalue weighted by Gasteiger charge is -2.24. The predicted molar refractivity (Wildman–Crippen MR) is 115 cm³/mol. The first kappa shape index (κ1) is 22.1. The van der Waals surface area contributed by atoms with Gasteiger partial charge in [-0.25, -0.2) is 0 Å². The number of quaternary nitrogens is 1. The van der Waals surface area contributed by atoms with Crippen LogP contribution in [0.25, 0.3) is 10.9 Å². The molecule has 1 heterocycles. The summed E-state index contributed by atoms with van der Waals surface area (Å²) in [6.07, 6.45) is 0.655. The maximum Gasteiger partial charge on any atom is 0.137 e. The Bertz CT molecular complexity index is 896. The van der Waals surface area contributed by atoms with Crippen molar-refractivity contribution in [2.75, 3.05) is 40.0 Å². The highest BCUT2D eigenvalue weighted by Gasteiger charge is 2.20. The highest BCUT2D eigenvalue weighted by atomic mass is 16.5. The van der Waals surface area contributed by atoms with Gasteiger partial charge < -0.3 is 34.3 Å². The molecule has 0 aliphatic rings. The summed E-state index contributed by atoms with van der Waals surface area (Å²) in [6, 6.07) is 17.2. The van der Waals surface area contributed by atoms with Crippen molar-refractivity contribution in [1.29, 1.82) is 0 Å². The number of fused-ring (bicyclic) bond motifs is 1. The molecule has 0 aliphatic carbocycles. The molecule has 0 bridgehead atoms. The zero-order valence-corrected chi connectivity index (χ0v) is 17.3. The van der Waals surface area contributed by atoms with Crippen LogP contribution < -0.4 is 14.4 Å². The molecule has 7 nitrogen and oxygen atoms in total. The van der Waals surface area contributed by atoms with Gasteiger partial charge in [0.1, 0.15) is 49.9 Å². The van der Waals surface area contributed by atoms with Crippen molar-refractivity contribution in [3.05, 3.63) is 60.8 Å². The minimum absolute atomic E-state index is 0.0133. The molecule has 1 unspecified atom stereocenters. The lowest BCUT2D eigenvalue weighted by Crippen LogP contribution is -3.14. The molecule has 7 heteroatoms. The van der Waals surface area contributed by atoms with E-state index < -0.39 is 12.2 Å². The van der Waals surface area contributed by atoms with Crippen LogP contribution in [0.15, 0.2) is 60.8 Å². The third-order valence-electron chi connectivity index (χ3n) is 5.10. The van der Waals surface area contributed by atoms with Crippen LogP contribution in [0.4, 0.5) is 0 Å². The van der Waals surface area contributed by atoms with Crippen molar-refractivity contribution in [3.8, 4) is 11.5 Å². The number of ether oxygens (including phenoxy) is 2. The van der Waals surface area contributed by atoms with Crippen LogP contribution >= 0.6 is 0 Å². The minimum Gasteiger partial charge on any atom is -0.497 e. The number of methoxy groups -OCH3 is 1. The lowest BCUT2D eigenvalue weighted by molar-refractivity contribution is -0.906. The second kappa shape index (κ2) is 11.0. The van der Waals surface area contributed by atoms with E-state index in [0.29, 0.717) is 31.9 Å². The normalized spacial score (nSPS) is 14.4. The van der Waals surface area contributed by atoms with Crippen molar-refractivity contribution < 1.29 is 29.7 Å². The molecule has 1 aromatic heterocycles. The van der Waals surface area contributed by atoms with Crippen LogP contribution in [0.5, 0.6) is 11.5 Å². The number of aliphatic hydroxyl groups is 3. The van der Waals surface area contributed by atoms with Gasteiger partial charge in [-0.15, -0.1) is 0 Å². The van der Waals surface area contributed by atoms with E-state index in [1.165, 1.54) is 0 Å². The van der Waals surface area contributed by atoms with Gasteiger partial charge in [0.15, 0.2) is 0 Å². The van der Waals surface area contributed by atoms with Crippen LogP contribution in [0.1, 0.15) is 0 Å². The number of rotatable bonds is 12. The first-order valence-electron chi connectivity index (χ1n) is 10.2. The first-order chi connectivity index (χ1) is 14.6. The fraction of sp³-hybridized carbons (Fsp3) is 0.391. The van der Waals surface area contributed by atoms with Gasteiger partial charge in [-0.3, -0.25) is 0 Å². The minimum atomic E-state index is -0.715. The van der Waals surface area contributed by atoms with Crippen molar-refractivity contribution in [3.63, 3.8) is 0 Å². The molecule has 3 rings (SSSR count). The van der Waals surface area contributed by atoms with Crippen LogP contribution in [0.2, 0.25) is 0 Å². The summed E-state index contributed by atoms with van der Waals surface area (Å²) in [5, 5.41) is 31.5. The molecule has 0 radical (unpaired) electrons. The summed E-state index contributed by atoms with van der Waals surface area (Å²) >= 11 is 0. The molecule has 0 aliphatic heterocycles. The number of hydrogen-bond acceptors (Lipinski definition) is 5. The second-order valence-corrected chi connectivity index (χ2v) is 7.45. The van der Waals surface area contributed by atoms with E-state index >= 15 is 0 Å². The third-order valence-corrected chi connectivity index (χ3v) is 5.10. The van der Waals surface area contributed by atoms with E-state index in [0.717, 1.165) is 21.6 Å². The Balaban J connectivity index is 1.50. The number of nitrogens with zero attached hydrogens (tertiary/aromatic N) is 1. The standard InChI is InChI=1S/C23H30N2O5/c1-29-21-6-8-22(9-7-21)30-17-20(28)15-24(12-13-26)14-19(27)16-25-11-10-18-4-2-3-5-23(18)25/h2-11,19-20,26-28H,12-17H2,1H3/p+1/t19-,20+/m0/s1. The molecule has 3 aromatic rings. The average molecular weight is 416 g/mol. The van der Waals surface area contributed by atoms with Gasteiger partial charge in [0.25, 0.3) is 0 Å². The molecule has 0 fully saturated rings. The van der Waals surface area contributed by atoms with Crippen molar-refractivity contribution in [1.82, 2.24) is 4.57 Å². The zero-order valence-electron chi connectivity index (χ0n) is 17.3. The summed E-state index contributed by atoms with van der Waals surface area (Å²) in [4.78, 5) is 0.923. The van der Waals surface area contributed by atoms with Gasteiger partial charge >= 0.3 is 0 Å². The van der Waals surface area contributed by atoms with Crippen LogP contribution in [0.3, 0.4) is 0 Å². The zero-order chi connectivity index (χ0) is 21.3. The maximum absolute atomic E-state index is 10.6. The highest BCUT2D eigenvalue weighted by Crippen LogP contribution is 2.17. The van der Waals surface area contributed by atoms with E-state index in [-0.39, 0.29) is 13.2 Å². The number of nitrogens with one attached hydrogen (secondary N) is 1. The van der Waals surface area contributed by atoms with E-state index in [1.54, 1.807) is 31.4 Å². The van der Waals surface area contributed by atoms with Crippen LogP contribution in [-0.2, 0) is 6.54 Å². The Morgan fingerprint density at radius 3 is 2.37 bits per heavy atom. The van der Waals surface area contributed by atoms with Crippen molar-refractivity contribution in [2.45, 2.75) is 18.8 Å². The van der Waals surface area contributed by atoms with E-state index in [9.17, 15) is 15.3 Å². The van der Waals surface area contributed by atoms with Crippen LogP contribution in [-0.4, -0.2) is 72.1 Å². The summed E-state index contributed by atoms with van der Waals surface area (Å²) in [6.45, 7) is 1.83. The molecular formula is C23H31N2O5+. The monoisotopic (exact) mass is 415 g/mol. The summed E-state index contributed by atoms with van der Waals surface area (Å²) in [5.41, 5.74) is 1.08. The average Bonchev–Trinajstić information content (AvgIpc) is 3.15. The Morgan fingerprint density at radius 1 is 0.933 bits per heavy atom. The van der Waals surface area contributed by atoms with Gasteiger partial charge in [0.2, 0.25) is 0 Å². The summed E-state index contributed by atoms with van der Waals surface area (Å²) in [7, 11) is 1.60. The summed E-state index contributed by atoms with van der Waals surface area (Å²) < 4.78 is 12.8. The Morgan fingerprint density at radius 2 is 1.63 bits per heavy atom. The third kappa shape index (κ3) is 6.21. The fourth-order valence-electron chi connectivity index (χ4n) is 3.63. The summed E-state index contributed by atoms with van der Waals surface area (Å²) in [5.74, 6) is 1.39. The maximum atomic E-state index is 10.6. The number of aromatic nitrogens is 1. The molecule has 2 aromatic carbocycles. The molecular weight excluding hydrogens is 384 g/mol. The quantitative estimate of drug-likeness (QED) is 0.342. The van der Waals surface area contributed by atoms with Gasteiger partial charge in [0.05, 0.1) is 20.3 Å². The Hall–Kier alpha value is -2.58. The van der Waals surface area contributed by atoms with Gasteiger partial charge in [-0.2, -0.15) is 0 Å². The molecule has 0 saturated carbocycles. The SMILES string of the molecule is COc1ccc(OC[C@H](O)C[NH+](CCO)C[C@H](O)Cn2ccc3ccccc32)cc1.